The van der Waals surface area contributed by atoms with E-state index in [0.717, 1.165) is 61.1 Å². The second kappa shape index (κ2) is 6.30. The maximum atomic E-state index is 6.14. The Morgan fingerprint density at radius 1 is 1.22 bits per heavy atom. The van der Waals surface area contributed by atoms with Crippen LogP contribution in [-0.4, -0.2) is 47.1 Å². The van der Waals surface area contributed by atoms with E-state index in [1.54, 1.807) is 6.33 Å². The van der Waals surface area contributed by atoms with Crippen molar-refractivity contribution in [1.29, 1.82) is 0 Å². The molecular formula is C21H24N4O2. The van der Waals surface area contributed by atoms with Gasteiger partial charge in [-0.3, -0.25) is 4.99 Å². The largest absolute Gasteiger partial charge is 0.488 e. The highest BCUT2D eigenvalue weighted by Gasteiger charge is 2.40. The van der Waals surface area contributed by atoms with Crippen molar-refractivity contribution in [3.63, 3.8) is 0 Å². The first-order valence-electron chi connectivity index (χ1n) is 9.65. The predicted molar refractivity (Wildman–Crippen MR) is 104 cm³/mol. The Morgan fingerprint density at radius 3 is 2.93 bits per heavy atom. The summed E-state index contributed by atoms with van der Waals surface area (Å²) in [5.41, 5.74) is 4.16. The van der Waals surface area contributed by atoms with Crippen LogP contribution in [0.2, 0.25) is 0 Å². The van der Waals surface area contributed by atoms with Gasteiger partial charge < -0.3 is 14.4 Å². The highest BCUT2D eigenvalue weighted by Crippen LogP contribution is 2.40. The summed E-state index contributed by atoms with van der Waals surface area (Å²) < 4.78 is 11.8. The topological polar surface area (TPSA) is 59.8 Å². The van der Waals surface area contributed by atoms with E-state index in [4.69, 9.17) is 14.5 Å². The van der Waals surface area contributed by atoms with E-state index in [-0.39, 0.29) is 11.7 Å². The van der Waals surface area contributed by atoms with Crippen LogP contribution in [-0.2, 0) is 11.3 Å². The molecule has 6 heteroatoms. The molecule has 0 spiro atoms. The number of anilines is 1. The van der Waals surface area contributed by atoms with Crippen LogP contribution in [0.4, 0.5) is 5.82 Å². The van der Waals surface area contributed by atoms with Crippen LogP contribution in [0.25, 0.3) is 0 Å². The van der Waals surface area contributed by atoms with Crippen molar-refractivity contribution in [3.05, 3.63) is 47.4 Å². The fraction of sp³-hybridized carbons (Fsp3) is 0.476. The first-order chi connectivity index (χ1) is 13.1. The van der Waals surface area contributed by atoms with Crippen LogP contribution < -0.4 is 9.64 Å². The first-order valence-corrected chi connectivity index (χ1v) is 9.65. The zero-order chi connectivity index (χ0) is 18.4. The van der Waals surface area contributed by atoms with Gasteiger partial charge in [-0.25, -0.2) is 9.97 Å². The van der Waals surface area contributed by atoms with Gasteiger partial charge in [-0.1, -0.05) is 6.07 Å². The lowest BCUT2D eigenvalue weighted by atomic mass is 10.0. The van der Waals surface area contributed by atoms with Crippen molar-refractivity contribution < 1.29 is 9.47 Å². The molecule has 0 amide bonds. The molecule has 1 saturated heterocycles. The van der Waals surface area contributed by atoms with Gasteiger partial charge >= 0.3 is 0 Å². The molecule has 2 aliphatic heterocycles. The summed E-state index contributed by atoms with van der Waals surface area (Å²) >= 11 is 0. The highest BCUT2D eigenvalue weighted by molar-refractivity contribution is 6.14. The van der Waals surface area contributed by atoms with Gasteiger partial charge in [0.2, 0.25) is 0 Å². The number of ether oxygens (including phenoxy) is 2. The fourth-order valence-corrected chi connectivity index (χ4v) is 3.68. The number of fused-ring (bicyclic) bond motifs is 1. The Kier molecular flexibility index (Phi) is 3.90. The third-order valence-corrected chi connectivity index (χ3v) is 5.52. The number of aromatic nitrogens is 2. The summed E-state index contributed by atoms with van der Waals surface area (Å²) in [4.78, 5) is 16.0. The number of hydrogen-bond donors (Lipinski definition) is 0. The number of hydrogen-bond acceptors (Lipinski definition) is 6. The molecule has 0 unspecified atom stereocenters. The molecular weight excluding hydrogens is 340 g/mol. The van der Waals surface area contributed by atoms with Gasteiger partial charge in [0.05, 0.1) is 30.7 Å². The van der Waals surface area contributed by atoms with Crippen LogP contribution in [0.5, 0.6) is 5.75 Å². The van der Waals surface area contributed by atoms with Crippen LogP contribution in [0.1, 0.15) is 43.5 Å². The molecule has 2 fully saturated rings. The molecule has 1 aliphatic carbocycles. The summed E-state index contributed by atoms with van der Waals surface area (Å²) in [6.07, 6.45) is 4.10. The maximum Gasteiger partial charge on any atom is 0.132 e. The van der Waals surface area contributed by atoms with E-state index >= 15 is 0 Å². The fourth-order valence-electron chi connectivity index (χ4n) is 3.68. The third-order valence-electron chi connectivity index (χ3n) is 5.52. The van der Waals surface area contributed by atoms with E-state index in [0.29, 0.717) is 6.54 Å². The average Bonchev–Trinajstić information content (AvgIpc) is 3.25. The molecule has 3 heterocycles. The van der Waals surface area contributed by atoms with E-state index < -0.39 is 0 Å². The van der Waals surface area contributed by atoms with Gasteiger partial charge in [-0.2, -0.15) is 0 Å². The molecule has 140 valence electrons. The molecule has 1 aromatic carbocycles. The van der Waals surface area contributed by atoms with Crippen molar-refractivity contribution in [1.82, 2.24) is 9.97 Å². The molecule has 3 aliphatic rings. The van der Waals surface area contributed by atoms with Crippen LogP contribution in [0, 0.1) is 0 Å². The molecule has 5 rings (SSSR count). The van der Waals surface area contributed by atoms with Crippen molar-refractivity contribution in [2.45, 2.75) is 44.9 Å². The molecule has 27 heavy (non-hydrogen) atoms. The lowest BCUT2D eigenvalue weighted by Gasteiger charge is -2.32. The van der Waals surface area contributed by atoms with E-state index in [9.17, 15) is 0 Å². The monoisotopic (exact) mass is 364 g/mol. The SMILES string of the molecule is C[C@@H]1CN(c2cc(C3=NCc4ccc(OC5(C)CC5)cc43)ncn2)CCO1. The van der Waals surface area contributed by atoms with E-state index in [1.165, 1.54) is 5.56 Å². The van der Waals surface area contributed by atoms with E-state index in [2.05, 4.69) is 46.9 Å². The molecule has 6 nitrogen and oxygen atoms in total. The standard InChI is InChI=1S/C21H24N4O2/c1-14-12-25(7-8-26-14)19-10-18(23-13-24-19)20-17-9-16(27-21(2)5-6-21)4-3-15(17)11-22-20/h3-4,9-10,13-14H,5-8,11-12H2,1-2H3/t14-/m1/s1. The van der Waals surface area contributed by atoms with E-state index in [1.807, 2.05) is 6.07 Å². The maximum absolute atomic E-state index is 6.14. The number of benzene rings is 1. The quantitative estimate of drug-likeness (QED) is 0.835. The summed E-state index contributed by atoms with van der Waals surface area (Å²) in [5.74, 6) is 1.85. The first kappa shape index (κ1) is 16.7. The summed E-state index contributed by atoms with van der Waals surface area (Å²) in [7, 11) is 0. The zero-order valence-corrected chi connectivity index (χ0v) is 15.8. The second-order valence-electron chi connectivity index (χ2n) is 7.92. The number of rotatable bonds is 4. The summed E-state index contributed by atoms with van der Waals surface area (Å²) in [6, 6.07) is 8.34. The second-order valence-corrected chi connectivity index (χ2v) is 7.92. The molecule has 2 aromatic rings. The molecule has 0 radical (unpaired) electrons. The van der Waals surface area contributed by atoms with Crippen LogP contribution in [0.15, 0.2) is 35.6 Å². The molecule has 0 N–H and O–H groups in total. The lowest BCUT2D eigenvalue weighted by molar-refractivity contribution is 0.0529. The minimum Gasteiger partial charge on any atom is -0.488 e. The van der Waals surface area contributed by atoms with Gasteiger partial charge in [0.15, 0.2) is 0 Å². The summed E-state index contributed by atoms with van der Waals surface area (Å²) in [6.45, 7) is 7.36. The normalized spacial score (nSPS) is 23.0. The Labute approximate surface area is 159 Å². The third kappa shape index (κ3) is 3.30. The zero-order valence-electron chi connectivity index (χ0n) is 15.8. The molecule has 1 atom stereocenters. The van der Waals surface area contributed by atoms with Gasteiger partial charge in [-0.15, -0.1) is 0 Å². The van der Waals surface area contributed by atoms with Gasteiger partial charge in [-0.05, 0) is 44.4 Å². The Bertz CT molecular complexity index is 907. The van der Waals surface area contributed by atoms with Crippen molar-refractivity contribution in [2.24, 2.45) is 4.99 Å². The molecule has 0 bridgehead atoms. The van der Waals surface area contributed by atoms with Crippen LogP contribution in [0.3, 0.4) is 0 Å². The van der Waals surface area contributed by atoms with Crippen molar-refractivity contribution >= 4 is 11.5 Å². The van der Waals surface area contributed by atoms with Gasteiger partial charge in [0.1, 0.15) is 23.5 Å². The summed E-state index contributed by atoms with van der Waals surface area (Å²) in [5, 5.41) is 0. The minimum absolute atomic E-state index is 0.0132. The minimum atomic E-state index is 0.0132. The van der Waals surface area contributed by atoms with Crippen LogP contribution >= 0.6 is 0 Å². The Balaban J connectivity index is 1.43. The van der Waals surface area contributed by atoms with Gasteiger partial charge in [0, 0.05) is 24.7 Å². The Morgan fingerprint density at radius 2 is 2.11 bits per heavy atom. The van der Waals surface area contributed by atoms with Gasteiger partial charge in [0.25, 0.3) is 0 Å². The molecule has 1 aromatic heterocycles. The number of aliphatic imine (C=N–C) groups is 1. The Hall–Kier alpha value is -2.47. The highest BCUT2D eigenvalue weighted by atomic mass is 16.5. The van der Waals surface area contributed by atoms with Crippen molar-refractivity contribution in [2.75, 3.05) is 24.6 Å². The van der Waals surface area contributed by atoms with Crippen molar-refractivity contribution in [3.8, 4) is 5.75 Å². The molecule has 1 saturated carbocycles. The number of nitrogens with zero attached hydrogens (tertiary/aromatic N) is 4. The average molecular weight is 364 g/mol. The predicted octanol–water partition coefficient (Wildman–Crippen LogP) is 2.98. The number of morpholine rings is 1. The smallest absolute Gasteiger partial charge is 0.132 e. The lowest BCUT2D eigenvalue weighted by Crippen LogP contribution is -2.41.